The molecule has 0 unspecified atom stereocenters. The zero-order chi connectivity index (χ0) is 26.8. The van der Waals surface area contributed by atoms with Gasteiger partial charge in [-0.3, -0.25) is 4.79 Å². The summed E-state index contributed by atoms with van der Waals surface area (Å²) in [4.78, 5) is 13.4. The summed E-state index contributed by atoms with van der Waals surface area (Å²) in [6, 6.07) is 32.9. The average molecular weight is 510 g/mol. The van der Waals surface area contributed by atoms with Gasteiger partial charge in [-0.1, -0.05) is 54.6 Å². The number of rotatable bonds is 6. The van der Waals surface area contributed by atoms with Crippen molar-refractivity contribution in [3.05, 3.63) is 126 Å². The fourth-order valence-corrected chi connectivity index (χ4v) is 4.63. The fourth-order valence-electron chi connectivity index (χ4n) is 4.63. The van der Waals surface area contributed by atoms with Gasteiger partial charge in [-0.05, 0) is 60.3 Å². The van der Waals surface area contributed by atoms with Gasteiger partial charge >= 0.3 is 0 Å². The molecule has 0 bridgehead atoms. The summed E-state index contributed by atoms with van der Waals surface area (Å²) in [6.07, 6.45) is 3.18. The summed E-state index contributed by atoms with van der Waals surface area (Å²) in [5, 5.41) is 22.6. The molecule has 0 radical (unpaired) electrons. The van der Waals surface area contributed by atoms with Crippen LogP contribution in [0.5, 0.6) is 11.5 Å². The number of nitriles is 1. The van der Waals surface area contributed by atoms with Crippen LogP contribution in [0.25, 0.3) is 16.3 Å². The number of ether oxygens (including phenoxy) is 1. The molecule has 188 valence electrons. The van der Waals surface area contributed by atoms with Crippen LogP contribution >= 0.6 is 0 Å². The molecule has 6 rings (SSSR count). The van der Waals surface area contributed by atoms with E-state index in [9.17, 15) is 10.1 Å². The summed E-state index contributed by atoms with van der Waals surface area (Å²) in [5.41, 5.74) is 4.28. The molecule has 0 aliphatic rings. The number of carbonyl (C=O) groups is 1. The molecule has 0 aliphatic heterocycles. The molecular weight excluding hydrogens is 486 g/mol. The molecule has 0 fully saturated rings. The molecule has 6 aromatic rings. The Balaban J connectivity index is 1.31. The quantitative estimate of drug-likeness (QED) is 0.243. The lowest BCUT2D eigenvalue weighted by atomic mass is 10.1. The van der Waals surface area contributed by atoms with Crippen LogP contribution in [0.1, 0.15) is 21.5 Å². The highest BCUT2D eigenvalue weighted by Gasteiger charge is 2.20. The van der Waals surface area contributed by atoms with Crippen molar-refractivity contribution in [2.24, 2.45) is 0 Å². The van der Waals surface area contributed by atoms with Gasteiger partial charge in [0.1, 0.15) is 17.6 Å². The summed E-state index contributed by atoms with van der Waals surface area (Å²) in [6.45, 7) is 1.86. The van der Waals surface area contributed by atoms with Crippen molar-refractivity contribution in [2.45, 2.75) is 6.92 Å². The summed E-state index contributed by atoms with van der Waals surface area (Å²) < 4.78 is 7.51. The Morgan fingerprint density at radius 2 is 1.62 bits per heavy atom. The van der Waals surface area contributed by atoms with Gasteiger partial charge in [0, 0.05) is 23.0 Å². The number of hydrogen-bond acceptors (Lipinski definition) is 5. The van der Waals surface area contributed by atoms with Gasteiger partial charge in [0.25, 0.3) is 5.91 Å². The molecule has 39 heavy (non-hydrogen) atoms. The van der Waals surface area contributed by atoms with Gasteiger partial charge < -0.3 is 15.4 Å². The lowest BCUT2D eigenvalue weighted by molar-refractivity contribution is 0.102. The molecule has 0 saturated heterocycles. The first-order valence-electron chi connectivity index (χ1n) is 12.4. The smallest absolute Gasteiger partial charge is 0.257 e. The third-order valence-corrected chi connectivity index (χ3v) is 6.56. The van der Waals surface area contributed by atoms with Crippen LogP contribution in [-0.2, 0) is 0 Å². The Morgan fingerprint density at radius 3 is 2.41 bits per heavy atom. The average Bonchev–Trinajstić information content (AvgIpc) is 3.31. The molecule has 2 heterocycles. The maximum absolute atomic E-state index is 13.4. The SMILES string of the molecule is Cc1c(C(=O)Nc2cccc3ccccc23)cn2ncc(C#N)c(Nc3ccc(Oc4ccccc4)cc3)c12. The van der Waals surface area contributed by atoms with E-state index in [4.69, 9.17) is 4.74 Å². The zero-order valence-corrected chi connectivity index (χ0v) is 21.1. The minimum absolute atomic E-state index is 0.249. The van der Waals surface area contributed by atoms with Crippen molar-refractivity contribution in [2.75, 3.05) is 10.6 Å². The standard InChI is InChI=1S/C32H23N5O2/c1-21-28(32(38)36-29-13-7-9-22-8-5-6-12-27(22)29)20-37-31(21)30(23(18-33)19-34-37)35-24-14-16-26(17-15-24)39-25-10-3-2-4-11-25/h2-17,19-20,35H,1H3,(H,36,38). The van der Waals surface area contributed by atoms with Crippen molar-refractivity contribution in [3.8, 4) is 17.6 Å². The number of aryl methyl sites for hydroxylation is 1. The highest BCUT2D eigenvalue weighted by Crippen LogP contribution is 2.32. The molecule has 4 aromatic carbocycles. The van der Waals surface area contributed by atoms with Crippen molar-refractivity contribution in [1.82, 2.24) is 9.61 Å². The number of amides is 1. The van der Waals surface area contributed by atoms with E-state index in [2.05, 4.69) is 21.8 Å². The number of nitrogens with zero attached hydrogens (tertiary/aromatic N) is 3. The second-order valence-electron chi connectivity index (χ2n) is 9.05. The van der Waals surface area contributed by atoms with Gasteiger partial charge in [0.05, 0.1) is 28.5 Å². The number of anilines is 3. The Bertz CT molecular complexity index is 1860. The van der Waals surface area contributed by atoms with Gasteiger partial charge in [-0.2, -0.15) is 10.4 Å². The number of hydrogen-bond donors (Lipinski definition) is 2. The predicted octanol–water partition coefficient (Wildman–Crippen LogP) is 7.46. The molecule has 1 amide bonds. The zero-order valence-electron chi connectivity index (χ0n) is 21.1. The maximum Gasteiger partial charge on any atom is 0.257 e. The van der Waals surface area contributed by atoms with Crippen LogP contribution in [0.15, 0.2) is 109 Å². The van der Waals surface area contributed by atoms with Crippen LogP contribution in [0.3, 0.4) is 0 Å². The van der Waals surface area contributed by atoms with Crippen molar-refractivity contribution in [3.63, 3.8) is 0 Å². The van der Waals surface area contributed by atoms with Gasteiger partial charge in [-0.15, -0.1) is 0 Å². The van der Waals surface area contributed by atoms with Crippen LogP contribution in [-0.4, -0.2) is 15.5 Å². The first kappa shape index (κ1) is 23.8. The molecule has 0 aliphatic carbocycles. The number of para-hydroxylation sites is 1. The van der Waals surface area contributed by atoms with Crippen molar-refractivity contribution in [1.29, 1.82) is 5.26 Å². The van der Waals surface area contributed by atoms with Crippen molar-refractivity contribution >= 4 is 39.3 Å². The van der Waals surface area contributed by atoms with E-state index in [0.717, 1.165) is 27.9 Å². The lowest BCUT2D eigenvalue weighted by Gasteiger charge is -2.12. The molecule has 0 atom stereocenters. The largest absolute Gasteiger partial charge is 0.457 e. The minimum atomic E-state index is -0.249. The van der Waals surface area contributed by atoms with Crippen LogP contribution in [0.4, 0.5) is 17.1 Å². The third kappa shape index (κ3) is 4.63. The number of fused-ring (bicyclic) bond motifs is 2. The second kappa shape index (κ2) is 10.0. The van der Waals surface area contributed by atoms with Gasteiger partial charge in [0.15, 0.2) is 0 Å². The minimum Gasteiger partial charge on any atom is -0.457 e. The summed E-state index contributed by atoms with van der Waals surface area (Å²) in [5.74, 6) is 1.19. The van der Waals surface area contributed by atoms with E-state index < -0.39 is 0 Å². The van der Waals surface area contributed by atoms with E-state index in [0.29, 0.717) is 33.6 Å². The highest BCUT2D eigenvalue weighted by atomic mass is 16.5. The number of benzene rings is 4. The Kier molecular flexibility index (Phi) is 6.12. The fraction of sp³-hybridized carbons (Fsp3) is 0.0312. The topological polar surface area (TPSA) is 91.5 Å². The second-order valence-corrected chi connectivity index (χ2v) is 9.05. The number of nitrogens with one attached hydrogen (secondary N) is 2. The van der Waals surface area contributed by atoms with E-state index >= 15 is 0 Å². The van der Waals surface area contributed by atoms with Gasteiger partial charge in [0.2, 0.25) is 0 Å². The van der Waals surface area contributed by atoms with Crippen LogP contribution in [0.2, 0.25) is 0 Å². The lowest BCUT2D eigenvalue weighted by Crippen LogP contribution is -2.12. The summed E-state index contributed by atoms with van der Waals surface area (Å²) in [7, 11) is 0. The van der Waals surface area contributed by atoms with E-state index in [1.165, 1.54) is 6.20 Å². The monoisotopic (exact) mass is 509 g/mol. The third-order valence-electron chi connectivity index (χ3n) is 6.56. The molecule has 7 heteroatoms. The maximum atomic E-state index is 13.4. The highest BCUT2D eigenvalue weighted by molar-refractivity contribution is 6.11. The Labute approximate surface area is 224 Å². The molecule has 2 aromatic heterocycles. The molecule has 7 nitrogen and oxygen atoms in total. The molecule has 0 spiro atoms. The molecular formula is C32H23N5O2. The number of carbonyl (C=O) groups excluding carboxylic acids is 1. The number of aromatic nitrogens is 2. The van der Waals surface area contributed by atoms with E-state index in [1.54, 1.807) is 10.7 Å². The summed E-state index contributed by atoms with van der Waals surface area (Å²) >= 11 is 0. The van der Waals surface area contributed by atoms with Crippen LogP contribution < -0.4 is 15.4 Å². The normalized spacial score (nSPS) is 10.8. The van der Waals surface area contributed by atoms with E-state index in [1.807, 2.05) is 104 Å². The van der Waals surface area contributed by atoms with E-state index in [-0.39, 0.29) is 5.91 Å². The van der Waals surface area contributed by atoms with Crippen molar-refractivity contribution < 1.29 is 9.53 Å². The van der Waals surface area contributed by atoms with Crippen LogP contribution in [0, 0.1) is 18.3 Å². The first-order valence-corrected chi connectivity index (χ1v) is 12.4. The Hall–Kier alpha value is -5.61. The molecule has 0 saturated carbocycles. The molecule has 2 N–H and O–H groups in total. The predicted molar refractivity (Wildman–Crippen MR) is 153 cm³/mol. The first-order chi connectivity index (χ1) is 19.1. The van der Waals surface area contributed by atoms with Gasteiger partial charge in [-0.25, -0.2) is 4.52 Å². The Morgan fingerprint density at radius 1 is 0.897 bits per heavy atom.